The van der Waals surface area contributed by atoms with Crippen LogP contribution < -0.4 is 16.0 Å². The van der Waals surface area contributed by atoms with Crippen molar-refractivity contribution in [2.45, 2.75) is 13.0 Å². The van der Waals surface area contributed by atoms with E-state index >= 15 is 0 Å². The van der Waals surface area contributed by atoms with Crippen molar-refractivity contribution in [2.24, 2.45) is 5.73 Å². The third kappa shape index (κ3) is 4.46. The zero-order chi connectivity index (χ0) is 15.2. The minimum Gasteiger partial charge on any atom is -0.492 e. The SMILES string of the molecule is NCCCOc1cnn(Cc2ccc(Cl)cc2Cl)c(=O)c1. The van der Waals surface area contributed by atoms with Gasteiger partial charge in [0.1, 0.15) is 5.75 Å². The molecule has 2 rings (SSSR count). The van der Waals surface area contributed by atoms with Crippen molar-refractivity contribution < 1.29 is 4.74 Å². The molecular formula is C14H15Cl2N3O2. The lowest BCUT2D eigenvalue weighted by Crippen LogP contribution is -2.23. The van der Waals surface area contributed by atoms with Crippen molar-refractivity contribution >= 4 is 23.2 Å². The van der Waals surface area contributed by atoms with Crippen LogP contribution in [0.2, 0.25) is 10.0 Å². The summed E-state index contributed by atoms with van der Waals surface area (Å²) in [6.45, 7) is 1.28. The first-order chi connectivity index (χ1) is 10.1. The maximum Gasteiger partial charge on any atom is 0.270 e. The van der Waals surface area contributed by atoms with E-state index < -0.39 is 0 Å². The molecule has 0 saturated carbocycles. The number of nitrogens with two attached hydrogens (primary N) is 1. The first kappa shape index (κ1) is 15.8. The fraction of sp³-hybridized carbons (Fsp3) is 0.286. The predicted octanol–water partition coefficient (Wildman–Crippen LogP) is 2.33. The molecule has 5 nitrogen and oxygen atoms in total. The van der Waals surface area contributed by atoms with Gasteiger partial charge in [0, 0.05) is 16.1 Å². The number of ether oxygens (including phenoxy) is 1. The van der Waals surface area contributed by atoms with Crippen molar-refractivity contribution in [1.82, 2.24) is 9.78 Å². The molecule has 0 aliphatic rings. The summed E-state index contributed by atoms with van der Waals surface area (Å²) in [4.78, 5) is 12.0. The largest absolute Gasteiger partial charge is 0.492 e. The summed E-state index contributed by atoms with van der Waals surface area (Å²) in [5.74, 6) is 0.437. The third-order valence-corrected chi connectivity index (χ3v) is 3.38. The van der Waals surface area contributed by atoms with Crippen LogP contribution in [0.1, 0.15) is 12.0 Å². The Hall–Kier alpha value is -1.56. The predicted molar refractivity (Wildman–Crippen MR) is 83.2 cm³/mol. The Morgan fingerprint density at radius 2 is 2.10 bits per heavy atom. The van der Waals surface area contributed by atoms with E-state index in [0.717, 1.165) is 12.0 Å². The standard InChI is InChI=1S/C14H15Cl2N3O2/c15-11-3-2-10(13(16)6-11)9-19-14(20)7-12(8-18-19)21-5-1-4-17/h2-3,6-8H,1,4-5,9,17H2. The van der Waals surface area contributed by atoms with Gasteiger partial charge in [-0.2, -0.15) is 5.10 Å². The van der Waals surface area contributed by atoms with Gasteiger partial charge in [-0.15, -0.1) is 0 Å². The lowest BCUT2D eigenvalue weighted by molar-refractivity contribution is 0.309. The topological polar surface area (TPSA) is 70.1 Å². The molecule has 0 fully saturated rings. The van der Waals surface area contributed by atoms with Crippen LogP contribution in [-0.4, -0.2) is 22.9 Å². The molecule has 0 aliphatic heterocycles. The summed E-state index contributed by atoms with van der Waals surface area (Å²) in [7, 11) is 0. The smallest absolute Gasteiger partial charge is 0.270 e. The first-order valence-electron chi connectivity index (χ1n) is 6.44. The van der Waals surface area contributed by atoms with Crippen LogP contribution >= 0.6 is 23.2 Å². The van der Waals surface area contributed by atoms with Crippen molar-refractivity contribution in [2.75, 3.05) is 13.2 Å². The van der Waals surface area contributed by atoms with Crippen LogP contribution in [0.5, 0.6) is 5.75 Å². The Morgan fingerprint density at radius 1 is 1.29 bits per heavy atom. The maximum atomic E-state index is 12.0. The molecule has 2 N–H and O–H groups in total. The van der Waals surface area contributed by atoms with Gasteiger partial charge in [-0.1, -0.05) is 29.3 Å². The van der Waals surface area contributed by atoms with Crippen LogP contribution in [0.15, 0.2) is 35.3 Å². The highest BCUT2D eigenvalue weighted by molar-refractivity contribution is 6.35. The maximum absolute atomic E-state index is 12.0. The molecule has 0 atom stereocenters. The molecule has 2 aromatic rings. The van der Waals surface area contributed by atoms with Crippen molar-refractivity contribution in [1.29, 1.82) is 0 Å². The third-order valence-electron chi connectivity index (χ3n) is 2.80. The Balaban J connectivity index is 2.12. The van der Waals surface area contributed by atoms with E-state index in [0.29, 0.717) is 28.9 Å². The van der Waals surface area contributed by atoms with Gasteiger partial charge in [0.15, 0.2) is 0 Å². The molecule has 1 aromatic heterocycles. The number of halogens is 2. The van der Waals surface area contributed by atoms with Gasteiger partial charge in [-0.3, -0.25) is 4.79 Å². The van der Waals surface area contributed by atoms with Crippen molar-refractivity contribution in [3.63, 3.8) is 0 Å². The van der Waals surface area contributed by atoms with E-state index in [1.807, 2.05) is 0 Å². The molecule has 1 aromatic carbocycles. The molecule has 0 radical (unpaired) electrons. The number of benzene rings is 1. The summed E-state index contributed by atoms with van der Waals surface area (Å²) in [6, 6.07) is 6.52. The van der Waals surface area contributed by atoms with Crippen molar-refractivity contribution in [3.05, 3.63) is 56.4 Å². The Bertz CT molecular complexity index is 674. The normalized spacial score (nSPS) is 10.6. The van der Waals surface area contributed by atoms with Crippen LogP contribution in [0, 0.1) is 0 Å². The van der Waals surface area contributed by atoms with Crippen molar-refractivity contribution in [3.8, 4) is 5.75 Å². The lowest BCUT2D eigenvalue weighted by atomic mass is 10.2. The van der Waals surface area contributed by atoms with Gasteiger partial charge >= 0.3 is 0 Å². The molecule has 0 amide bonds. The Kier molecular flexibility index (Phi) is 5.61. The fourth-order valence-corrected chi connectivity index (χ4v) is 2.17. The summed E-state index contributed by atoms with van der Waals surface area (Å²) in [5, 5.41) is 5.12. The molecule has 1 heterocycles. The van der Waals surface area contributed by atoms with Crippen LogP contribution in [0.25, 0.3) is 0 Å². The molecule has 7 heteroatoms. The van der Waals surface area contributed by atoms with Gasteiger partial charge < -0.3 is 10.5 Å². The highest BCUT2D eigenvalue weighted by atomic mass is 35.5. The Labute approximate surface area is 132 Å². The average Bonchev–Trinajstić information content (AvgIpc) is 2.44. The number of nitrogens with zero attached hydrogens (tertiary/aromatic N) is 2. The quantitative estimate of drug-likeness (QED) is 0.826. The van der Waals surface area contributed by atoms with E-state index in [4.69, 9.17) is 33.7 Å². The van der Waals surface area contributed by atoms with E-state index in [1.165, 1.54) is 16.9 Å². The second kappa shape index (κ2) is 7.45. The highest BCUT2D eigenvalue weighted by Gasteiger charge is 2.06. The molecule has 0 unspecified atom stereocenters. The molecule has 0 saturated heterocycles. The van der Waals surface area contributed by atoms with E-state index in [1.54, 1.807) is 18.2 Å². The number of aromatic nitrogens is 2. The number of rotatable bonds is 6. The fourth-order valence-electron chi connectivity index (χ4n) is 1.70. The van der Waals surface area contributed by atoms with Gasteiger partial charge in [-0.05, 0) is 30.7 Å². The zero-order valence-corrected chi connectivity index (χ0v) is 12.8. The average molecular weight is 328 g/mol. The zero-order valence-electron chi connectivity index (χ0n) is 11.3. The molecular weight excluding hydrogens is 313 g/mol. The lowest BCUT2D eigenvalue weighted by Gasteiger charge is -2.08. The Morgan fingerprint density at radius 3 is 2.76 bits per heavy atom. The first-order valence-corrected chi connectivity index (χ1v) is 7.19. The van der Waals surface area contributed by atoms with Crippen LogP contribution in [0.4, 0.5) is 0 Å². The van der Waals surface area contributed by atoms with E-state index in [2.05, 4.69) is 5.10 Å². The minimum atomic E-state index is -0.258. The minimum absolute atomic E-state index is 0.258. The van der Waals surface area contributed by atoms with Crippen LogP contribution in [0.3, 0.4) is 0 Å². The van der Waals surface area contributed by atoms with E-state index in [-0.39, 0.29) is 12.1 Å². The second-order valence-corrected chi connectivity index (χ2v) is 5.26. The van der Waals surface area contributed by atoms with Gasteiger partial charge in [0.25, 0.3) is 5.56 Å². The molecule has 0 aliphatic carbocycles. The highest BCUT2D eigenvalue weighted by Crippen LogP contribution is 2.21. The monoisotopic (exact) mass is 327 g/mol. The number of hydrogen-bond donors (Lipinski definition) is 1. The van der Waals surface area contributed by atoms with Gasteiger partial charge in [-0.25, -0.2) is 4.68 Å². The summed E-state index contributed by atoms with van der Waals surface area (Å²) >= 11 is 11.9. The summed E-state index contributed by atoms with van der Waals surface area (Å²) in [6.07, 6.45) is 2.23. The second-order valence-electron chi connectivity index (χ2n) is 4.41. The van der Waals surface area contributed by atoms with E-state index in [9.17, 15) is 4.79 Å². The van der Waals surface area contributed by atoms with Gasteiger partial charge in [0.05, 0.1) is 19.3 Å². The van der Waals surface area contributed by atoms with Crippen LogP contribution in [-0.2, 0) is 6.54 Å². The molecule has 21 heavy (non-hydrogen) atoms. The molecule has 0 spiro atoms. The summed E-state index contributed by atoms with van der Waals surface area (Å²) < 4.78 is 6.68. The molecule has 112 valence electrons. The van der Waals surface area contributed by atoms with Gasteiger partial charge in [0.2, 0.25) is 0 Å². The number of hydrogen-bond acceptors (Lipinski definition) is 4. The summed E-state index contributed by atoms with van der Waals surface area (Å²) in [5.41, 5.74) is 5.89. The molecule has 0 bridgehead atoms.